The number of likely N-dealkylation sites (tertiary alicyclic amines) is 1. The van der Waals surface area contributed by atoms with Gasteiger partial charge in [0, 0.05) is 31.7 Å². The van der Waals surface area contributed by atoms with Gasteiger partial charge in [-0.15, -0.1) is 0 Å². The Morgan fingerprint density at radius 2 is 2.24 bits per heavy atom. The molecule has 0 aromatic heterocycles. The minimum absolute atomic E-state index is 0.223. The third kappa shape index (κ3) is 2.90. The minimum atomic E-state index is 0.223. The Bertz CT molecular complexity index is 524. The lowest BCUT2D eigenvalue weighted by molar-refractivity contribution is 0.173. The average molecular weight is 356 g/mol. The number of benzene rings is 1. The minimum Gasteiger partial charge on any atom is -0.454 e. The summed E-state index contributed by atoms with van der Waals surface area (Å²) in [6.07, 6.45) is 1.19. The predicted molar refractivity (Wildman–Crippen MR) is 85.7 cm³/mol. The van der Waals surface area contributed by atoms with Crippen molar-refractivity contribution in [1.82, 2.24) is 9.80 Å². The molecular weight excluding hydrogens is 334 g/mol. The predicted octanol–water partition coefficient (Wildman–Crippen LogP) is 1.81. The van der Waals surface area contributed by atoms with Gasteiger partial charge in [0.15, 0.2) is 11.5 Å². The van der Waals surface area contributed by atoms with Gasteiger partial charge in [-0.25, -0.2) is 0 Å². The van der Waals surface area contributed by atoms with E-state index in [4.69, 9.17) is 15.2 Å². The standard InChI is InChI=1S/C15H22BrN3O2/c1-18(2)11-3-4-19(8-11)13(7-17)10-5-12(16)15-14(6-10)20-9-21-15/h5-6,11,13H,3-4,7-9,17H2,1-2H3. The van der Waals surface area contributed by atoms with E-state index in [1.165, 1.54) is 12.0 Å². The van der Waals surface area contributed by atoms with Crippen LogP contribution in [0.2, 0.25) is 0 Å². The first-order valence-electron chi connectivity index (χ1n) is 7.29. The van der Waals surface area contributed by atoms with Crippen LogP contribution in [-0.2, 0) is 0 Å². The number of fused-ring (bicyclic) bond motifs is 1. The van der Waals surface area contributed by atoms with Crippen molar-refractivity contribution in [3.63, 3.8) is 0 Å². The SMILES string of the molecule is CN(C)C1CCN(C(CN)c2cc(Br)c3c(c2)OCO3)C1. The molecule has 2 aliphatic rings. The Balaban J connectivity index is 1.83. The van der Waals surface area contributed by atoms with E-state index in [2.05, 4.69) is 52.0 Å². The number of halogens is 1. The summed E-state index contributed by atoms with van der Waals surface area (Å²) < 4.78 is 11.9. The summed E-state index contributed by atoms with van der Waals surface area (Å²) in [4.78, 5) is 4.76. The number of nitrogens with two attached hydrogens (primary N) is 1. The summed E-state index contributed by atoms with van der Waals surface area (Å²) in [5.74, 6) is 1.60. The molecule has 1 aromatic carbocycles. The first kappa shape index (κ1) is 15.1. The fourth-order valence-corrected chi connectivity index (χ4v) is 3.72. The molecular formula is C15H22BrN3O2. The first-order valence-corrected chi connectivity index (χ1v) is 8.09. The molecule has 2 unspecified atom stereocenters. The number of hydrogen-bond acceptors (Lipinski definition) is 5. The largest absolute Gasteiger partial charge is 0.454 e. The van der Waals surface area contributed by atoms with Crippen LogP contribution < -0.4 is 15.2 Å². The van der Waals surface area contributed by atoms with Crippen LogP contribution in [0.15, 0.2) is 16.6 Å². The van der Waals surface area contributed by atoms with E-state index in [1.54, 1.807) is 0 Å². The van der Waals surface area contributed by atoms with Crippen LogP contribution in [-0.4, -0.2) is 56.4 Å². The molecule has 116 valence electrons. The van der Waals surface area contributed by atoms with E-state index in [0.29, 0.717) is 12.6 Å². The fraction of sp³-hybridized carbons (Fsp3) is 0.600. The van der Waals surface area contributed by atoms with E-state index in [1.807, 2.05) is 0 Å². The molecule has 21 heavy (non-hydrogen) atoms. The molecule has 3 rings (SSSR count). The second-order valence-corrected chi connectivity index (χ2v) is 6.74. The summed E-state index contributed by atoms with van der Waals surface area (Å²) in [6, 6.07) is 5.00. The second-order valence-electron chi connectivity index (χ2n) is 5.89. The summed E-state index contributed by atoms with van der Waals surface area (Å²) >= 11 is 3.57. The quantitative estimate of drug-likeness (QED) is 0.892. The molecule has 2 N–H and O–H groups in total. The third-order valence-electron chi connectivity index (χ3n) is 4.42. The maximum Gasteiger partial charge on any atom is 0.231 e. The normalized spacial score (nSPS) is 23.0. The van der Waals surface area contributed by atoms with Gasteiger partial charge in [0.25, 0.3) is 0 Å². The van der Waals surface area contributed by atoms with Crippen molar-refractivity contribution in [3.8, 4) is 11.5 Å². The highest BCUT2D eigenvalue weighted by Crippen LogP contribution is 2.42. The molecule has 0 bridgehead atoms. The lowest BCUT2D eigenvalue weighted by atomic mass is 10.0. The average Bonchev–Trinajstić information content (AvgIpc) is 3.08. The molecule has 0 amide bonds. The lowest BCUT2D eigenvalue weighted by Crippen LogP contribution is -2.36. The zero-order valence-corrected chi connectivity index (χ0v) is 14.1. The van der Waals surface area contributed by atoms with Crippen LogP contribution in [0.3, 0.4) is 0 Å². The van der Waals surface area contributed by atoms with Gasteiger partial charge >= 0.3 is 0 Å². The smallest absolute Gasteiger partial charge is 0.231 e. The highest BCUT2D eigenvalue weighted by Gasteiger charge is 2.31. The first-order chi connectivity index (χ1) is 10.1. The monoisotopic (exact) mass is 355 g/mol. The van der Waals surface area contributed by atoms with E-state index in [0.717, 1.165) is 29.1 Å². The van der Waals surface area contributed by atoms with Crippen LogP contribution in [0.4, 0.5) is 0 Å². The number of ether oxygens (including phenoxy) is 2. The van der Waals surface area contributed by atoms with E-state index < -0.39 is 0 Å². The molecule has 2 heterocycles. The van der Waals surface area contributed by atoms with Gasteiger partial charge in [-0.1, -0.05) is 0 Å². The summed E-state index contributed by atoms with van der Waals surface area (Å²) in [6.45, 7) is 3.03. The van der Waals surface area contributed by atoms with Crippen molar-refractivity contribution in [3.05, 3.63) is 22.2 Å². The molecule has 1 saturated heterocycles. The number of hydrogen-bond donors (Lipinski definition) is 1. The molecule has 0 spiro atoms. The van der Waals surface area contributed by atoms with Crippen LogP contribution in [0, 0.1) is 0 Å². The third-order valence-corrected chi connectivity index (χ3v) is 5.01. The van der Waals surface area contributed by atoms with Crippen LogP contribution >= 0.6 is 15.9 Å². The zero-order valence-electron chi connectivity index (χ0n) is 12.5. The van der Waals surface area contributed by atoms with Crippen LogP contribution in [0.5, 0.6) is 11.5 Å². The van der Waals surface area contributed by atoms with Crippen molar-refractivity contribution >= 4 is 15.9 Å². The molecule has 0 aliphatic carbocycles. The van der Waals surface area contributed by atoms with Crippen LogP contribution in [0.25, 0.3) is 0 Å². The fourth-order valence-electron chi connectivity index (χ4n) is 3.15. The number of nitrogens with zero attached hydrogens (tertiary/aromatic N) is 2. The Morgan fingerprint density at radius 1 is 1.43 bits per heavy atom. The Labute approximate surface area is 134 Å². The summed E-state index contributed by atoms with van der Waals surface area (Å²) in [7, 11) is 4.28. The molecule has 0 saturated carbocycles. The van der Waals surface area contributed by atoms with E-state index in [9.17, 15) is 0 Å². The number of likely N-dealkylation sites (N-methyl/N-ethyl adjacent to an activating group) is 1. The summed E-state index contributed by atoms with van der Waals surface area (Å²) in [5.41, 5.74) is 7.25. The Morgan fingerprint density at radius 3 is 2.90 bits per heavy atom. The summed E-state index contributed by atoms with van der Waals surface area (Å²) in [5, 5.41) is 0. The topological polar surface area (TPSA) is 51.0 Å². The highest BCUT2D eigenvalue weighted by atomic mass is 79.9. The zero-order chi connectivity index (χ0) is 15.0. The van der Waals surface area contributed by atoms with E-state index >= 15 is 0 Å². The Kier molecular flexibility index (Phi) is 4.40. The molecule has 6 heteroatoms. The van der Waals surface area contributed by atoms with Crippen LogP contribution in [0.1, 0.15) is 18.0 Å². The van der Waals surface area contributed by atoms with Crippen molar-refractivity contribution in [1.29, 1.82) is 0 Å². The lowest BCUT2D eigenvalue weighted by Gasteiger charge is -2.28. The molecule has 1 aromatic rings. The van der Waals surface area contributed by atoms with Crippen molar-refractivity contribution < 1.29 is 9.47 Å². The maximum absolute atomic E-state index is 6.06. The van der Waals surface area contributed by atoms with Gasteiger partial charge in [0.1, 0.15) is 0 Å². The van der Waals surface area contributed by atoms with Gasteiger partial charge < -0.3 is 20.1 Å². The Hall–Kier alpha value is -0.820. The second kappa shape index (κ2) is 6.12. The van der Waals surface area contributed by atoms with Crippen molar-refractivity contribution in [2.45, 2.75) is 18.5 Å². The van der Waals surface area contributed by atoms with Crippen molar-refractivity contribution in [2.75, 3.05) is 40.5 Å². The maximum atomic E-state index is 6.06. The van der Waals surface area contributed by atoms with E-state index in [-0.39, 0.29) is 12.8 Å². The van der Waals surface area contributed by atoms with Gasteiger partial charge in [0.05, 0.1) is 4.47 Å². The number of rotatable bonds is 4. The van der Waals surface area contributed by atoms with Gasteiger partial charge in [0.2, 0.25) is 6.79 Å². The van der Waals surface area contributed by atoms with Crippen molar-refractivity contribution in [2.24, 2.45) is 5.73 Å². The van der Waals surface area contributed by atoms with Gasteiger partial charge in [-0.3, -0.25) is 4.90 Å². The van der Waals surface area contributed by atoms with Gasteiger partial charge in [-0.2, -0.15) is 0 Å². The molecule has 1 fully saturated rings. The molecule has 0 radical (unpaired) electrons. The highest BCUT2D eigenvalue weighted by molar-refractivity contribution is 9.10. The molecule has 2 atom stereocenters. The van der Waals surface area contributed by atoms with Gasteiger partial charge in [-0.05, 0) is 54.1 Å². The molecule has 2 aliphatic heterocycles. The molecule has 5 nitrogen and oxygen atoms in total.